The number of hydrogen-bond donors (Lipinski definition) is 1. The van der Waals surface area contributed by atoms with Crippen molar-refractivity contribution in [3.05, 3.63) is 5.01 Å². The number of aryl methyl sites for hydroxylation is 1. The summed E-state index contributed by atoms with van der Waals surface area (Å²) in [7, 11) is 0. The molecule has 1 heterocycles. The molecule has 2 unspecified atom stereocenters. The first kappa shape index (κ1) is 13.9. The Balaban J connectivity index is 2.27. The quantitative estimate of drug-likeness (QED) is 0.764. The number of rotatable bonds is 7. The highest BCUT2D eigenvalue weighted by atomic mass is 32.2. The third-order valence-corrected chi connectivity index (χ3v) is 4.29. The average molecular weight is 259 g/mol. The highest BCUT2D eigenvalue weighted by Crippen LogP contribution is 2.28. The van der Waals surface area contributed by atoms with Gasteiger partial charge in [0, 0.05) is 11.3 Å². The summed E-state index contributed by atoms with van der Waals surface area (Å²) in [5.41, 5.74) is 0. The topological polar surface area (TPSA) is 37.8 Å². The molecule has 0 aliphatic heterocycles. The SMILES string of the molecule is CCCNC(C)CC(C)Sc1nnc(C)s1. The maximum absolute atomic E-state index is 4.14. The highest BCUT2D eigenvalue weighted by Gasteiger charge is 2.11. The first-order valence-corrected chi connectivity index (χ1v) is 7.51. The van der Waals surface area contributed by atoms with Crippen LogP contribution in [-0.2, 0) is 0 Å². The molecule has 1 aromatic rings. The van der Waals surface area contributed by atoms with Gasteiger partial charge in [0.2, 0.25) is 0 Å². The van der Waals surface area contributed by atoms with Gasteiger partial charge in [-0.3, -0.25) is 0 Å². The fourth-order valence-corrected chi connectivity index (χ4v) is 3.80. The van der Waals surface area contributed by atoms with Gasteiger partial charge in [-0.2, -0.15) is 0 Å². The van der Waals surface area contributed by atoms with E-state index in [0.717, 1.165) is 15.9 Å². The summed E-state index contributed by atoms with van der Waals surface area (Å²) in [5.74, 6) is 0. The molecule has 0 spiro atoms. The van der Waals surface area contributed by atoms with Crippen LogP contribution in [-0.4, -0.2) is 28.0 Å². The maximum atomic E-state index is 4.14. The number of nitrogens with one attached hydrogen (secondary N) is 1. The molecule has 0 aromatic carbocycles. The Morgan fingerprint density at radius 1 is 1.38 bits per heavy atom. The molecule has 0 aliphatic carbocycles. The van der Waals surface area contributed by atoms with Crippen molar-refractivity contribution in [1.82, 2.24) is 15.5 Å². The number of thioether (sulfide) groups is 1. The van der Waals surface area contributed by atoms with Crippen LogP contribution < -0.4 is 5.32 Å². The molecule has 0 fully saturated rings. The van der Waals surface area contributed by atoms with E-state index in [2.05, 4.69) is 36.3 Å². The minimum atomic E-state index is 0.580. The van der Waals surface area contributed by atoms with E-state index in [9.17, 15) is 0 Å². The molecule has 5 heteroatoms. The largest absolute Gasteiger partial charge is 0.314 e. The van der Waals surface area contributed by atoms with Gasteiger partial charge in [0.15, 0.2) is 4.34 Å². The van der Waals surface area contributed by atoms with Gasteiger partial charge in [-0.1, -0.05) is 36.9 Å². The summed E-state index contributed by atoms with van der Waals surface area (Å²) in [4.78, 5) is 0. The van der Waals surface area contributed by atoms with Gasteiger partial charge in [-0.25, -0.2) is 0 Å². The molecular formula is C11H21N3S2. The normalized spacial score (nSPS) is 15.0. The number of aromatic nitrogens is 2. The van der Waals surface area contributed by atoms with E-state index in [4.69, 9.17) is 0 Å². The van der Waals surface area contributed by atoms with Crippen LogP contribution in [0.3, 0.4) is 0 Å². The van der Waals surface area contributed by atoms with Crippen molar-refractivity contribution in [1.29, 1.82) is 0 Å². The van der Waals surface area contributed by atoms with E-state index in [1.165, 1.54) is 12.8 Å². The summed E-state index contributed by atoms with van der Waals surface area (Å²) < 4.78 is 1.09. The standard InChI is InChI=1S/C11H21N3S2/c1-5-6-12-8(2)7-9(3)15-11-14-13-10(4)16-11/h8-9,12H,5-7H2,1-4H3. The molecule has 3 nitrogen and oxygen atoms in total. The first-order valence-electron chi connectivity index (χ1n) is 5.82. The Labute approximate surface area is 106 Å². The van der Waals surface area contributed by atoms with Crippen LogP contribution in [0.25, 0.3) is 0 Å². The van der Waals surface area contributed by atoms with Gasteiger partial charge < -0.3 is 5.32 Å². The summed E-state index contributed by atoms with van der Waals surface area (Å²) >= 11 is 3.51. The van der Waals surface area contributed by atoms with Crippen molar-refractivity contribution in [2.75, 3.05) is 6.54 Å². The van der Waals surface area contributed by atoms with Crippen LogP contribution in [0.5, 0.6) is 0 Å². The summed E-state index contributed by atoms with van der Waals surface area (Å²) in [5, 5.41) is 13.3. The Bertz CT molecular complexity index is 301. The van der Waals surface area contributed by atoms with Crippen LogP contribution in [0.4, 0.5) is 0 Å². The second-order valence-electron chi connectivity index (χ2n) is 4.11. The van der Waals surface area contributed by atoms with Crippen LogP contribution >= 0.6 is 23.1 Å². The van der Waals surface area contributed by atoms with Crippen molar-refractivity contribution in [3.63, 3.8) is 0 Å². The van der Waals surface area contributed by atoms with Crippen molar-refractivity contribution < 1.29 is 0 Å². The maximum Gasteiger partial charge on any atom is 0.174 e. The van der Waals surface area contributed by atoms with Gasteiger partial charge in [0.05, 0.1) is 0 Å². The Morgan fingerprint density at radius 3 is 2.69 bits per heavy atom. The van der Waals surface area contributed by atoms with Gasteiger partial charge in [-0.15, -0.1) is 10.2 Å². The van der Waals surface area contributed by atoms with Crippen molar-refractivity contribution in [3.8, 4) is 0 Å². The molecular weight excluding hydrogens is 238 g/mol. The Morgan fingerprint density at radius 2 is 2.12 bits per heavy atom. The van der Waals surface area contributed by atoms with E-state index in [1.807, 2.05) is 18.7 Å². The summed E-state index contributed by atoms with van der Waals surface area (Å²) in [6.45, 7) is 9.81. The summed E-state index contributed by atoms with van der Waals surface area (Å²) in [6.07, 6.45) is 2.37. The van der Waals surface area contributed by atoms with Crippen LogP contribution in [0.15, 0.2) is 4.34 Å². The molecule has 92 valence electrons. The second kappa shape index (κ2) is 7.25. The predicted octanol–water partition coefficient (Wildman–Crippen LogP) is 3.11. The molecule has 1 aromatic heterocycles. The molecule has 1 N–H and O–H groups in total. The smallest absolute Gasteiger partial charge is 0.174 e. The molecule has 0 saturated carbocycles. The molecule has 16 heavy (non-hydrogen) atoms. The minimum Gasteiger partial charge on any atom is -0.314 e. The van der Waals surface area contributed by atoms with Crippen molar-refractivity contribution >= 4 is 23.1 Å². The molecule has 0 saturated heterocycles. The predicted molar refractivity (Wildman–Crippen MR) is 72.3 cm³/mol. The molecule has 2 atom stereocenters. The van der Waals surface area contributed by atoms with Gasteiger partial charge in [0.1, 0.15) is 5.01 Å². The third-order valence-electron chi connectivity index (χ3n) is 2.24. The van der Waals surface area contributed by atoms with Crippen LogP contribution in [0.1, 0.15) is 38.6 Å². The second-order valence-corrected chi connectivity index (χ2v) is 6.97. The van der Waals surface area contributed by atoms with Crippen LogP contribution in [0.2, 0.25) is 0 Å². The zero-order valence-electron chi connectivity index (χ0n) is 10.5. The third kappa shape index (κ3) is 5.27. The number of hydrogen-bond acceptors (Lipinski definition) is 5. The fourth-order valence-electron chi connectivity index (χ4n) is 1.52. The first-order chi connectivity index (χ1) is 7.61. The van der Waals surface area contributed by atoms with Crippen LogP contribution in [0, 0.1) is 6.92 Å². The Kier molecular flexibility index (Phi) is 6.31. The lowest BCUT2D eigenvalue weighted by Gasteiger charge is -2.16. The summed E-state index contributed by atoms with van der Waals surface area (Å²) in [6, 6.07) is 0.580. The van der Waals surface area contributed by atoms with E-state index in [1.54, 1.807) is 11.3 Å². The number of nitrogens with zero attached hydrogens (tertiary/aromatic N) is 2. The molecule has 1 rings (SSSR count). The van der Waals surface area contributed by atoms with E-state index < -0.39 is 0 Å². The van der Waals surface area contributed by atoms with Gasteiger partial charge in [0.25, 0.3) is 0 Å². The fraction of sp³-hybridized carbons (Fsp3) is 0.818. The van der Waals surface area contributed by atoms with E-state index in [0.29, 0.717) is 11.3 Å². The molecule has 0 bridgehead atoms. The van der Waals surface area contributed by atoms with E-state index >= 15 is 0 Å². The monoisotopic (exact) mass is 259 g/mol. The van der Waals surface area contributed by atoms with Crippen molar-refractivity contribution in [2.24, 2.45) is 0 Å². The van der Waals surface area contributed by atoms with Gasteiger partial charge >= 0.3 is 0 Å². The molecule has 0 radical (unpaired) electrons. The van der Waals surface area contributed by atoms with E-state index in [-0.39, 0.29) is 0 Å². The molecule has 0 aliphatic rings. The lowest BCUT2D eigenvalue weighted by molar-refractivity contribution is 0.513. The molecule has 0 amide bonds. The lowest BCUT2D eigenvalue weighted by Crippen LogP contribution is -2.29. The zero-order chi connectivity index (χ0) is 12.0. The highest BCUT2D eigenvalue weighted by molar-refractivity contribution is 8.01. The Hall–Kier alpha value is -0.130. The lowest BCUT2D eigenvalue weighted by atomic mass is 10.2. The van der Waals surface area contributed by atoms with Crippen molar-refractivity contribution in [2.45, 2.75) is 56.2 Å². The zero-order valence-corrected chi connectivity index (χ0v) is 12.1. The average Bonchev–Trinajstić information content (AvgIpc) is 2.60. The minimum absolute atomic E-state index is 0.580. The van der Waals surface area contributed by atoms with Gasteiger partial charge in [-0.05, 0) is 33.2 Å².